The first-order valence-corrected chi connectivity index (χ1v) is 9.19. The predicted octanol–water partition coefficient (Wildman–Crippen LogP) is 2.86. The average Bonchev–Trinajstić information content (AvgIpc) is 3.14. The first-order chi connectivity index (χ1) is 11.7. The molecule has 1 saturated heterocycles. The Bertz CT molecular complexity index is 643. The van der Waals surface area contributed by atoms with Gasteiger partial charge >= 0.3 is 0 Å². The van der Waals surface area contributed by atoms with Gasteiger partial charge in [-0.1, -0.05) is 17.7 Å². The highest BCUT2D eigenvalue weighted by atomic mass is 32.1. The van der Waals surface area contributed by atoms with Gasteiger partial charge in [0.05, 0.1) is 0 Å². The number of piperidine rings is 1. The maximum atomic E-state index is 12.0. The summed E-state index contributed by atoms with van der Waals surface area (Å²) in [5.41, 5.74) is 1.17. The zero-order valence-electron chi connectivity index (χ0n) is 13.9. The number of amides is 1. The number of benzene rings is 1. The number of thiazole rings is 1. The fourth-order valence-electron chi connectivity index (χ4n) is 2.87. The lowest BCUT2D eigenvalue weighted by Crippen LogP contribution is -2.41. The summed E-state index contributed by atoms with van der Waals surface area (Å²) in [4.78, 5) is 18.7. The van der Waals surface area contributed by atoms with Gasteiger partial charge in [0.2, 0.25) is 0 Å². The van der Waals surface area contributed by atoms with Crippen molar-refractivity contribution in [1.29, 1.82) is 0 Å². The Hall–Kier alpha value is -2.08. The number of carbonyl (C=O) groups is 1. The molecule has 24 heavy (non-hydrogen) atoms. The molecule has 2 heterocycles. The minimum absolute atomic E-state index is 0.0615. The van der Waals surface area contributed by atoms with E-state index in [-0.39, 0.29) is 12.5 Å². The van der Waals surface area contributed by atoms with E-state index in [0.717, 1.165) is 36.8 Å². The van der Waals surface area contributed by atoms with Gasteiger partial charge in [-0.25, -0.2) is 4.98 Å². The SMILES string of the molecule is Cc1ccc(OCC(=O)NCC2CCCN(c3nccs3)C2)cc1. The van der Waals surface area contributed by atoms with E-state index in [2.05, 4.69) is 15.2 Å². The van der Waals surface area contributed by atoms with Gasteiger partial charge in [0.1, 0.15) is 5.75 Å². The maximum Gasteiger partial charge on any atom is 0.257 e. The molecule has 1 aliphatic rings. The molecule has 1 aliphatic heterocycles. The Labute approximate surface area is 146 Å². The highest BCUT2D eigenvalue weighted by Gasteiger charge is 2.21. The van der Waals surface area contributed by atoms with Crippen LogP contribution < -0.4 is 15.0 Å². The van der Waals surface area contributed by atoms with E-state index in [1.807, 2.05) is 42.8 Å². The maximum absolute atomic E-state index is 12.0. The van der Waals surface area contributed by atoms with Crippen LogP contribution in [0, 0.1) is 12.8 Å². The van der Waals surface area contributed by atoms with E-state index in [1.165, 1.54) is 5.56 Å². The summed E-state index contributed by atoms with van der Waals surface area (Å²) in [6.07, 6.45) is 4.12. The second-order valence-electron chi connectivity index (χ2n) is 6.17. The zero-order chi connectivity index (χ0) is 16.8. The summed E-state index contributed by atoms with van der Waals surface area (Å²) in [5.74, 6) is 1.12. The number of hydrogen-bond donors (Lipinski definition) is 1. The van der Waals surface area contributed by atoms with Crippen molar-refractivity contribution in [2.45, 2.75) is 19.8 Å². The molecule has 6 heteroatoms. The van der Waals surface area contributed by atoms with E-state index >= 15 is 0 Å². The molecule has 1 aromatic heterocycles. The molecule has 5 nitrogen and oxygen atoms in total. The molecule has 128 valence electrons. The van der Waals surface area contributed by atoms with Crippen molar-refractivity contribution >= 4 is 22.4 Å². The van der Waals surface area contributed by atoms with Gasteiger partial charge in [0, 0.05) is 31.2 Å². The first-order valence-electron chi connectivity index (χ1n) is 8.31. The number of ether oxygens (including phenoxy) is 1. The summed E-state index contributed by atoms with van der Waals surface area (Å²) in [6, 6.07) is 7.72. The van der Waals surface area contributed by atoms with Gasteiger partial charge in [0.25, 0.3) is 5.91 Å². The lowest BCUT2D eigenvalue weighted by Gasteiger charge is -2.32. The molecule has 2 aromatic rings. The largest absolute Gasteiger partial charge is 0.484 e. The van der Waals surface area contributed by atoms with Crippen molar-refractivity contribution in [3.63, 3.8) is 0 Å². The normalized spacial score (nSPS) is 17.5. The van der Waals surface area contributed by atoms with E-state index < -0.39 is 0 Å². The molecule has 1 N–H and O–H groups in total. The van der Waals surface area contributed by atoms with Crippen LogP contribution in [0.15, 0.2) is 35.8 Å². The second kappa shape index (κ2) is 8.15. The Morgan fingerprint density at radius 2 is 2.25 bits per heavy atom. The quantitative estimate of drug-likeness (QED) is 0.875. The Morgan fingerprint density at radius 3 is 3.00 bits per heavy atom. The number of anilines is 1. The van der Waals surface area contributed by atoms with E-state index in [0.29, 0.717) is 12.5 Å². The molecule has 0 spiro atoms. The smallest absolute Gasteiger partial charge is 0.257 e. The zero-order valence-corrected chi connectivity index (χ0v) is 14.7. The molecule has 1 atom stereocenters. The fraction of sp³-hybridized carbons (Fsp3) is 0.444. The van der Waals surface area contributed by atoms with Crippen molar-refractivity contribution in [3.8, 4) is 5.75 Å². The monoisotopic (exact) mass is 345 g/mol. The molecule has 0 bridgehead atoms. The standard InChI is InChI=1S/C18H23N3O2S/c1-14-4-6-16(7-5-14)23-13-17(22)20-11-15-3-2-9-21(12-15)18-19-8-10-24-18/h4-8,10,15H,2-3,9,11-13H2,1H3,(H,20,22). The number of aryl methyl sites for hydroxylation is 1. The van der Waals surface area contributed by atoms with Gasteiger partial charge in [-0.2, -0.15) is 0 Å². The molecule has 0 aliphatic carbocycles. The summed E-state index contributed by atoms with van der Waals surface area (Å²) < 4.78 is 5.51. The van der Waals surface area contributed by atoms with Crippen molar-refractivity contribution in [3.05, 3.63) is 41.4 Å². The lowest BCUT2D eigenvalue weighted by molar-refractivity contribution is -0.123. The van der Waals surface area contributed by atoms with Crippen LogP contribution in [0.1, 0.15) is 18.4 Å². The van der Waals surface area contributed by atoms with Crippen LogP contribution in [0.2, 0.25) is 0 Å². The Kier molecular flexibility index (Phi) is 5.69. The Balaban J connectivity index is 1.40. The summed E-state index contributed by atoms with van der Waals surface area (Å²) in [5, 5.41) is 6.07. The van der Waals surface area contributed by atoms with Crippen LogP contribution in [0.5, 0.6) is 5.75 Å². The number of nitrogens with zero attached hydrogens (tertiary/aromatic N) is 2. The Morgan fingerprint density at radius 1 is 1.42 bits per heavy atom. The van der Waals surface area contributed by atoms with E-state index in [4.69, 9.17) is 4.74 Å². The molecule has 0 radical (unpaired) electrons. The van der Waals surface area contributed by atoms with Crippen LogP contribution in [0.25, 0.3) is 0 Å². The van der Waals surface area contributed by atoms with Crippen LogP contribution in [0.3, 0.4) is 0 Å². The molecule has 1 fully saturated rings. The molecular weight excluding hydrogens is 322 g/mol. The van der Waals surface area contributed by atoms with Crippen molar-refractivity contribution < 1.29 is 9.53 Å². The van der Waals surface area contributed by atoms with Crippen LogP contribution in [-0.4, -0.2) is 37.1 Å². The summed E-state index contributed by atoms with van der Waals surface area (Å²) in [7, 11) is 0. The van der Waals surface area contributed by atoms with Gasteiger partial charge in [0.15, 0.2) is 11.7 Å². The van der Waals surface area contributed by atoms with Gasteiger partial charge < -0.3 is 15.0 Å². The number of hydrogen-bond acceptors (Lipinski definition) is 5. The highest BCUT2D eigenvalue weighted by Crippen LogP contribution is 2.24. The second-order valence-corrected chi connectivity index (χ2v) is 7.05. The molecule has 1 amide bonds. The highest BCUT2D eigenvalue weighted by molar-refractivity contribution is 7.13. The van der Waals surface area contributed by atoms with Crippen LogP contribution >= 0.6 is 11.3 Å². The molecule has 1 aromatic carbocycles. The molecule has 1 unspecified atom stereocenters. The van der Waals surface area contributed by atoms with Crippen molar-refractivity contribution in [2.24, 2.45) is 5.92 Å². The number of rotatable bonds is 6. The van der Waals surface area contributed by atoms with Gasteiger partial charge in [-0.3, -0.25) is 4.79 Å². The predicted molar refractivity (Wildman–Crippen MR) is 96.7 cm³/mol. The van der Waals surface area contributed by atoms with Crippen LogP contribution in [0.4, 0.5) is 5.13 Å². The molecule has 0 saturated carbocycles. The minimum atomic E-state index is -0.0676. The van der Waals surface area contributed by atoms with Gasteiger partial charge in [-0.05, 0) is 37.8 Å². The third-order valence-corrected chi connectivity index (χ3v) is 5.02. The summed E-state index contributed by atoms with van der Waals surface area (Å²) >= 11 is 1.67. The van der Waals surface area contributed by atoms with Crippen molar-refractivity contribution in [2.75, 3.05) is 31.1 Å². The number of nitrogens with one attached hydrogen (secondary N) is 1. The number of aromatic nitrogens is 1. The molecular formula is C18H23N3O2S. The van der Waals surface area contributed by atoms with Gasteiger partial charge in [-0.15, -0.1) is 11.3 Å². The van der Waals surface area contributed by atoms with Crippen molar-refractivity contribution in [1.82, 2.24) is 10.3 Å². The lowest BCUT2D eigenvalue weighted by atomic mass is 9.98. The third kappa shape index (κ3) is 4.71. The minimum Gasteiger partial charge on any atom is -0.484 e. The third-order valence-electron chi connectivity index (χ3n) is 4.19. The van der Waals surface area contributed by atoms with Crippen LogP contribution in [-0.2, 0) is 4.79 Å². The van der Waals surface area contributed by atoms with E-state index in [9.17, 15) is 4.79 Å². The van der Waals surface area contributed by atoms with E-state index in [1.54, 1.807) is 11.3 Å². The topological polar surface area (TPSA) is 54.5 Å². The fourth-order valence-corrected chi connectivity index (χ4v) is 3.55. The summed E-state index contributed by atoms with van der Waals surface area (Å²) in [6.45, 7) is 4.78. The first kappa shape index (κ1) is 16.8. The number of carbonyl (C=O) groups excluding carboxylic acids is 1. The average molecular weight is 345 g/mol. The molecule has 3 rings (SSSR count).